The number of Topliss-reactive ketones (excluding diaryl/α,β-unsaturated/α-hetero) is 1. The Hall–Kier alpha value is -1.16. The first-order valence-electron chi connectivity index (χ1n) is 4.02. The van der Waals surface area contributed by atoms with Gasteiger partial charge in [-0.15, -0.1) is 0 Å². The second kappa shape index (κ2) is 4.37. The number of hydrogen-bond acceptors (Lipinski definition) is 2. The van der Waals surface area contributed by atoms with Gasteiger partial charge in [0.2, 0.25) is 0 Å². The average molecular weight is 257 g/mol. The molecule has 0 saturated carbocycles. The van der Waals surface area contributed by atoms with Crippen molar-refractivity contribution in [1.82, 2.24) is 0 Å². The van der Waals surface area contributed by atoms with Crippen LogP contribution in [-0.2, 0) is 11.2 Å². The van der Waals surface area contributed by atoms with Crippen LogP contribution in [0.15, 0.2) is 22.7 Å². The van der Waals surface area contributed by atoms with Gasteiger partial charge in [0.15, 0.2) is 0 Å². The summed E-state index contributed by atoms with van der Waals surface area (Å²) in [4.78, 5) is 21.6. The maximum atomic E-state index is 10.8. The monoisotopic (exact) mass is 256 g/mol. The number of carboxylic acid groups (broad SMARTS) is 1. The fraction of sp³-hybridized carbons (Fsp3) is 0.200. The van der Waals surface area contributed by atoms with Gasteiger partial charge in [0.05, 0.1) is 5.56 Å². The van der Waals surface area contributed by atoms with Crippen molar-refractivity contribution >= 4 is 27.7 Å². The molecule has 1 aromatic rings. The van der Waals surface area contributed by atoms with Crippen molar-refractivity contribution < 1.29 is 14.7 Å². The van der Waals surface area contributed by atoms with Crippen LogP contribution in [0.25, 0.3) is 0 Å². The van der Waals surface area contributed by atoms with Crippen molar-refractivity contribution in [3.05, 3.63) is 33.8 Å². The Morgan fingerprint density at radius 1 is 1.43 bits per heavy atom. The molecule has 14 heavy (non-hydrogen) atoms. The second-order valence-electron chi connectivity index (χ2n) is 3.00. The van der Waals surface area contributed by atoms with Gasteiger partial charge in [-0.1, -0.05) is 6.07 Å². The molecule has 0 saturated heterocycles. The van der Waals surface area contributed by atoms with Crippen LogP contribution in [0.3, 0.4) is 0 Å². The molecule has 0 fully saturated rings. The number of hydrogen-bond donors (Lipinski definition) is 1. The maximum Gasteiger partial charge on any atom is 0.336 e. The van der Waals surface area contributed by atoms with Gasteiger partial charge in [0.25, 0.3) is 0 Å². The van der Waals surface area contributed by atoms with E-state index in [-0.39, 0.29) is 17.8 Å². The minimum atomic E-state index is -0.998. The molecule has 0 amide bonds. The third kappa shape index (κ3) is 2.67. The zero-order chi connectivity index (χ0) is 10.7. The molecule has 0 unspecified atom stereocenters. The number of carbonyl (C=O) groups is 2. The first kappa shape index (κ1) is 10.9. The highest BCUT2D eigenvalue weighted by Gasteiger charge is 2.09. The van der Waals surface area contributed by atoms with Gasteiger partial charge in [0, 0.05) is 10.9 Å². The van der Waals surface area contributed by atoms with Crippen LogP contribution in [0, 0.1) is 0 Å². The van der Waals surface area contributed by atoms with Crippen molar-refractivity contribution in [2.45, 2.75) is 13.3 Å². The molecule has 0 heterocycles. The Balaban J connectivity index is 3.06. The summed E-state index contributed by atoms with van der Waals surface area (Å²) in [5, 5.41) is 8.81. The topological polar surface area (TPSA) is 54.4 Å². The molecule has 1 aromatic carbocycles. The summed E-state index contributed by atoms with van der Waals surface area (Å²) in [5.41, 5.74) is 0.904. The lowest BCUT2D eigenvalue weighted by Crippen LogP contribution is -2.02. The Kier molecular flexibility index (Phi) is 3.41. The highest BCUT2D eigenvalue weighted by molar-refractivity contribution is 9.10. The molecule has 1 rings (SSSR count). The molecule has 0 aliphatic carbocycles. The van der Waals surface area contributed by atoms with E-state index in [2.05, 4.69) is 15.9 Å². The molecule has 1 N–H and O–H groups in total. The summed E-state index contributed by atoms with van der Waals surface area (Å²) in [5.74, 6) is -0.981. The van der Waals surface area contributed by atoms with Gasteiger partial charge < -0.3 is 5.11 Å². The molecule has 4 heteroatoms. The van der Waals surface area contributed by atoms with E-state index in [0.29, 0.717) is 4.47 Å². The largest absolute Gasteiger partial charge is 0.478 e. The van der Waals surface area contributed by atoms with Crippen LogP contribution in [0.1, 0.15) is 22.8 Å². The fourth-order valence-corrected chi connectivity index (χ4v) is 1.55. The van der Waals surface area contributed by atoms with Gasteiger partial charge in [0.1, 0.15) is 5.78 Å². The Morgan fingerprint density at radius 2 is 2.07 bits per heavy atom. The molecule has 0 aliphatic heterocycles. The Morgan fingerprint density at radius 3 is 2.57 bits per heavy atom. The minimum Gasteiger partial charge on any atom is -0.478 e. The highest BCUT2D eigenvalue weighted by atomic mass is 79.9. The number of benzene rings is 1. The lowest BCUT2D eigenvalue weighted by atomic mass is 10.1. The minimum absolute atomic E-state index is 0.0173. The van der Waals surface area contributed by atoms with E-state index in [0.717, 1.165) is 5.56 Å². The quantitative estimate of drug-likeness (QED) is 0.903. The van der Waals surface area contributed by atoms with Gasteiger partial charge in [-0.2, -0.15) is 0 Å². The van der Waals surface area contributed by atoms with Gasteiger partial charge in [-0.05, 0) is 40.5 Å². The third-order valence-electron chi connectivity index (χ3n) is 1.71. The first-order valence-corrected chi connectivity index (χ1v) is 4.81. The van der Waals surface area contributed by atoms with E-state index in [9.17, 15) is 9.59 Å². The molecule has 0 atom stereocenters. The van der Waals surface area contributed by atoms with E-state index >= 15 is 0 Å². The molecule has 0 bridgehead atoms. The van der Waals surface area contributed by atoms with E-state index in [4.69, 9.17) is 5.11 Å². The van der Waals surface area contributed by atoms with Crippen molar-refractivity contribution in [2.75, 3.05) is 0 Å². The van der Waals surface area contributed by atoms with E-state index in [1.165, 1.54) is 13.0 Å². The summed E-state index contributed by atoms with van der Waals surface area (Å²) in [6.07, 6.45) is 0.271. The predicted molar refractivity (Wildman–Crippen MR) is 55.5 cm³/mol. The number of carbonyl (C=O) groups excluding carboxylic acids is 1. The van der Waals surface area contributed by atoms with Crippen LogP contribution in [0.4, 0.5) is 0 Å². The number of ketones is 1. The molecular formula is C10H9BrO3. The lowest BCUT2D eigenvalue weighted by Gasteiger charge is -2.02. The zero-order valence-corrected chi connectivity index (χ0v) is 9.17. The maximum absolute atomic E-state index is 10.8. The molecule has 3 nitrogen and oxygen atoms in total. The summed E-state index contributed by atoms with van der Waals surface area (Å²) >= 11 is 3.13. The normalized spacial score (nSPS) is 9.86. The summed E-state index contributed by atoms with van der Waals surface area (Å²) < 4.78 is 0.525. The smallest absolute Gasteiger partial charge is 0.336 e. The van der Waals surface area contributed by atoms with E-state index in [1.54, 1.807) is 12.1 Å². The lowest BCUT2D eigenvalue weighted by molar-refractivity contribution is -0.116. The average Bonchev–Trinajstić information content (AvgIpc) is 2.07. The van der Waals surface area contributed by atoms with Crippen LogP contribution < -0.4 is 0 Å². The van der Waals surface area contributed by atoms with Crippen molar-refractivity contribution in [3.63, 3.8) is 0 Å². The number of rotatable bonds is 3. The predicted octanol–water partition coefficient (Wildman–Crippen LogP) is 2.28. The van der Waals surface area contributed by atoms with Crippen LogP contribution in [-0.4, -0.2) is 16.9 Å². The Bertz CT molecular complexity index is 385. The van der Waals surface area contributed by atoms with Gasteiger partial charge in [-0.3, -0.25) is 4.79 Å². The molecular weight excluding hydrogens is 248 g/mol. The van der Waals surface area contributed by atoms with Crippen LogP contribution in [0.2, 0.25) is 0 Å². The zero-order valence-electron chi connectivity index (χ0n) is 7.58. The van der Waals surface area contributed by atoms with E-state index < -0.39 is 5.97 Å². The standard InChI is InChI=1S/C10H9BrO3/c1-6(12)4-7-2-3-9(11)8(5-7)10(13)14/h2-3,5H,4H2,1H3,(H,13,14). The molecule has 0 spiro atoms. The molecule has 0 radical (unpaired) electrons. The van der Waals surface area contributed by atoms with Crippen molar-refractivity contribution in [3.8, 4) is 0 Å². The second-order valence-corrected chi connectivity index (χ2v) is 3.85. The van der Waals surface area contributed by atoms with Gasteiger partial charge in [-0.25, -0.2) is 4.79 Å². The molecule has 74 valence electrons. The summed E-state index contributed by atoms with van der Waals surface area (Å²) in [6, 6.07) is 4.88. The molecule has 0 aromatic heterocycles. The third-order valence-corrected chi connectivity index (χ3v) is 2.41. The summed E-state index contributed by atoms with van der Waals surface area (Å²) in [7, 11) is 0. The van der Waals surface area contributed by atoms with E-state index in [1.807, 2.05) is 0 Å². The highest BCUT2D eigenvalue weighted by Crippen LogP contribution is 2.18. The number of carboxylic acids is 1. The number of halogens is 1. The molecule has 0 aliphatic rings. The van der Waals surface area contributed by atoms with Crippen molar-refractivity contribution in [1.29, 1.82) is 0 Å². The van der Waals surface area contributed by atoms with Gasteiger partial charge >= 0.3 is 5.97 Å². The Labute approximate surface area is 89.9 Å². The first-order chi connectivity index (χ1) is 6.50. The van der Waals surface area contributed by atoms with Crippen molar-refractivity contribution in [2.24, 2.45) is 0 Å². The number of aromatic carboxylic acids is 1. The SMILES string of the molecule is CC(=O)Cc1ccc(Br)c(C(=O)O)c1. The van der Waals surface area contributed by atoms with Crippen LogP contribution >= 0.6 is 15.9 Å². The van der Waals surface area contributed by atoms with Crippen LogP contribution in [0.5, 0.6) is 0 Å². The summed E-state index contributed by atoms with van der Waals surface area (Å²) in [6.45, 7) is 1.47. The fourth-order valence-electron chi connectivity index (χ4n) is 1.13.